The zero-order valence-electron chi connectivity index (χ0n) is 13.2. The Morgan fingerprint density at radius 3 is 2.38 bits per heavy atom. The summed E-state index contributed by atoms with van der Waals surface area (Å²) in [7, 11) is 0. The predicted octanol–water partition coefficient (Wildman–Crippen LogP) is 4.40. The van der Waals surface area contributed by atoms with Crippen LogP contribution in [0.4, 0.5) is 11.5 Å². The fraction of sp³-hybridized carbons (Fsp3) is 0.0588. The zero-order chi connectivity index (χ0) is 18.7. The van der Waals surface area contributed by atoms with Crippen LogP contribution < -0.4 is 5.32 Å². The number of amides is 1. The number of halogens is 2. The largest absolute Gasteiger partial charge is 0.305 e. The molecule has 0 aliphatic carbocycles. The quantitative estimate of drug-likeness (QED) is 0.516. The average molecular weight is 391 g/mol. The molecule has 3 rings (SSSR count). The fourth-order valence-corrected chi connectivity index (χ4v) is 2.80. The molecule has 0 fully saturated rings. The molecule has 0 saturated carbocycles. The molecule has 0 unspecified atom stereocenters. The van der Waals surface area contributed by atoms with Crippen LogP contribution in [-0.4, -0.2) is 20.6 Å². The van der Waals surface area contributed by atoms with Crippen molar-refractivity contribution in [3.05, 3.63) is 86.0 Å². The van der Waals surface area contributed by atoms with E-state index in [4.69, 9.17) is 23.2 Å². The van der Waals surface area contributed by atoms with Gasteiger partial charge < -0.3 is 5.32 Å². The van der Waals surface area contributed by atoms with E-state index in [1.165, 1.54) is 24.3 Å². The van der Waals surface area contributed by atoms with E-state index in [1.54, 1.807) is 35.1 Å². The van der Waals surface area contributed by atoms with Crippen LogP contribution in [0.3, 0.4) is 0 Å². The number of carbonyl (C=O) groups is 1. The highest BCUT2D eigenvalue weighted by atomic mass is 35.5. The van der Waals surface area contributed by atoms with Gasteiger partial charge in [0.1, 0.15) is 0 Å². The Kier molecular flexibility index (Phi) is 5.20. The van der Waals surface area contributed by atoms with E-state index < -0.39 is 10.8 Å². The van der Waals surface area contributed by atoms with Crippen LogP contribution >= 0.6 is 23.2 Å². The third-order valence-corrected chi connectivity index (χ3v) is 4.31. The van der Waals surface area contributed by atoms with Crippen molar-refractivity contribution in [2.75, 3.05) is 5.32 Å². The Hall–Kier alpha value is -2.90. The first-order valence-electron chi connectivity index (χ1n) is 7.46. The van der Waals surface area contributed by atoms with Crippen LogP contribution in [0.25, 0.3) is 0 Å². The first-order valence-corrected chi connectivity index (χ1v) is 8.22. The van der Waals surface area contributed by atoms with E-state index in [-0.39, 0.29) is 5.69 Å². The molecule has 1 aromatic heterocycles. The molecule has 1 N–H and O–H groups in total. The van der Waals surface area contributed by atoms with E-state index in [9.17, 15) is 14.9 Å². The Labute approximate surface area is 158 Å². The lowest BCUT2D eigenvalue weighted by Gasteiger charge is -2.07. The van der Waals surface area contributed by atoms with Crippen molar-refractivity contribution in [1.29, 1.82) is 0 Å². The van der Waals surface area contributed by atoms with Gasteiger partial charge in [0, 0.05) is 45.6 Å². The molecule has 26 heavy (non-hydrogen) atoms. The number of benzene rings is 2. The van der Waals surface area contributed by atoms with Crippen LogP contribution in [0.2, 0.25) is 10.0 Å². The van der Waals surface area contributed by atoms with Gasteiger partial charge in [0.2, 0.25) is 0 Å². The van der Waals surface area contributed by atoms with E-state index in [0.717, 1.165) is 5.56 Å². The smallest absolute Gasteiger partial charge is 0.269 e. The Morgan fingerprint density at radius 2 is 1.77 bits per heavy atom. The maximum atomic E-state index is 12.2. The van der Waals surface area contributed by atoms with Gasteiger partial charge in [0.25, 0.3) is 11.6 Å². The molecule has 0 aliphatic heterocycles. The standard InChI is InChI=1S/C17H12Cl2N4O3/c18-14-2-1-3-15(19)13(14)10-22-9-8-16(21-22)20-17(24)11-4-6-12(7-5-11)23(25)26/h1-9H,10H2,(H,20,21,24). The highest BCUT2D eigenvalue weighted by Gasteiger charge is 2.12. The maximum absolute atomic E-state index is 12.2. The number of rotatable bonds is 5. The molecule has 0 bridgehead atoms. The van der Waals surface area contributed by atoms with E-state index >= 15 is 0 Å². The van der Waals surface area contributed by atoms with Gasteiger partial charge in [-0.1, -0.05) is 29.3 Å². The number of non-ortho nitro benzene ring substituents is 1. The Balaban J connectivity index is 1.70. The second kappa shape index (κ2) is 7.55. The van der Waals surface area contributed by atoms with Gasteiger partial charge >= 0.3 is 0 Å². The van der Waals surface area contributed by atoms with Gasteiger partial charge in [0.05, 0.1) is 11.5 Å². The average Bonchev–Trinajstić information content (AvgIpc) is 3.05. The third-order valence-electron chi connectivity index (χ3n) is 3.60. The molecule has 0 spiro atoms. The molecule has 0 aliphatic rings. The molecule has 9 heteroatoms. The number of aromatic nitrogens is 2. The van der Waals surface area contributed by atoms with Crippen molar-refractivity contribution < 1.29 is 9.72 Å². The van der Waals surface area contributed by atoms with Crippen molar-refractivity contribution in [1.82, 2.24) is 9.78 Å². The Bertz CT molecular complexity index is 950. The summed E-state index contributed by atoms with van der Waals surface area (Å²) in [5.41, 5.74) is 0.939. The molecule has 2 aromatic carbocycles. The number of nitro groups is 1. The van der Waals surface area contributed by atoms with Crippen LogP contribution in [-0.2, 0) is 6.54 Å². The van der Waals surface area contributed by atoms with Crippen LogP contribution in [0.5, 0.6) is 0 Å². The Morgan fingerprint density at radius 1 is 1.12 bits per heavy atom. The highest BCUT2D eigenvalue weighted by Crippen LogP contribution is 2.25. The maximum Gasteiger partial charge on any atom is 0.269 e. The van der Waals surface area contributed by atoms with E-state index in [1.807, 2.05) is 0 Å². The molecule has 0 radical (unpaired) electrons. The van der Waals surface area contributed by atoms with Gasteiger partial charge in [-0.15, -0.1) is 0 Å². The molecule has 1 amide bonds. The lowest BCUT2D eigenvalue weighted by atomic mass is 10.2. The minimum atomic E-state index is -0.525. The van der Waals surface area contributed by atoms with Gasteiger partial charge in [-0.25, -0.2) is 0 Å². The first kappa shape index (κ1) is 17.9. The van der Waals surface area contributed by atoms with Crippen LogP contribution in [0, 0.1) is 10.1 Å². The summed E-state index contributed by atoms with van der Waals surface area (Å²) in [6.07, 6.45) is 1.69. The molecule has 132 valence electrons. The number of nitrogens with zero attached hydrogens (tertiary/aromatic N) is 3. The third kappa shape index (κ3) is 4.01. The lowest BCUT2D eigenvalue weighted by molar-refractivity contribution is -0.384. The molecule has 0 atom stereocenters. The number of anilines is 1. The normalized spacial score (nSPS) is 10.5. The van der Waals surface area contributed by atoms with Gasteiger partial charge in [-0.2, -0.15) is 5.10 Å². The highest BCUT2D eigenvalue weighted by molar-refractivity contribution is 6.35. The molecular weight excluding hydrogens is 379 g/mol. The molecule has 1 heterocycles. The summed E-state index contributed by atoms with van der Waals surface area (Å²) in [4.78, 5) is 22.3. The number of hydrogen-bond acceptors (Lipinski definition) is 4. The summed E-state index contributed by atoms with van der Waals surface area (Å²) in [6, 6.07) is 12.2. The molecular formula is C17H12Cl2N4O3. The molecule has 0 saturated heterocycles. The topological polar surface area (TPSA) is 90.1 Å². The summed E-state index contributed by atoms with van der Waals surface area (Å²) < 4.78 is 1.60. The van der Waals surface area contributed by atoms with Crippen molar-refractivity contribution >= 4 is 40.6 Å². The van der Waals surface area contributed by atoms with Crippen LogP contribution in [0.15, 0.2) is 54.7 Å². The van der Waals surface area contributed by atoms with E-state index in [0.29, 0.717) is 28.0 Å². The number of hydrogen-bond donors (Lipinski definition) is 1. The first-order chi connectivity index (χ1) is 12.4. The van der Waals surface area contributed by atoms with Crippen molar-refractivity contribution in [2.45, 2.75) is 6.54 Å². The van der Waals surface area contributed by atoms with Crippen molar-refractivity contribution in [3.8, 4) is 0 Å². The second-order valence-electron chi connectivity index (χ2n) is 5.36. The van der Waals surface area contributed by atoms with Crippen molar-refractivity contribution in [3.63, 3.8) is 0 Å². The summed E-state index contributed by atoms with van der Waals surface area (Å²) in [6.45, 7) is 0.353. The van der Waals surface area contributed by atoms with E-state index in [2.05, 4.69) is 10.4 Å². The minimum absolute atomic E-state index is 0.0811. The number of nitrogens with one attached hydrogen (secondary N) is 1. The predicted molar refractivity (Wildman–Crippen MR) is 98.8 cm³/mol. The monoisotopic (exact) mass is 390 g/mol. The molecule has 7 nitrogen and oxygen atoms in total. The summed E-state index contributed by atoms with van der Waals surface area (Å²) in [5.74, 6) is -0.0718. The minimum Gasteiger partial charge on any atom is -0.305 e. The lowest BCUT2D eigenvalue weighted by Crippen LogP contribution is -2.13. The van der Waals surface area contributed by atoms with Gasteiger partial charge in [0.15, 0.2) is 5.82 Å². The summed E-state index contributed by atoms with van der Waals surface area (Å²) >= 11 is 12.3. The molecule has 3 aromatic rings. The van der Waals surface area contributed by atoms with Crippen LogP contribution in [0.1, 0.15) is 15.9 Å². The summed E-state index contributed by atoms with van der Waals surface area (Å²) in [5, 5.41) is 18.6. The van der Waals surface area contributed by atoms with Crippen molar-refractivity contribution in [2.24, 2.45) is 0 Å². The fourth-order valence-electron chi connectivity index (χ4n) is 2.28. The number of nitro benzene ring substituents is 1. The SMILES string of the molecule is O=C(Nc1ccn(Cc2c(Cl)cccc2Cl)n1)c1ccc([N+](=O)[O-])cc1. The zero-order valence-corrected chi connectivity index (χ0v) is 14.7. The number of carbonyl (C=O) groups excluding carboxylic acids is 1. The van der Waals surface area contributed by atoms with Gasteiger partial charge in [-0.3, -0.25) is 19.6 Å². The van der Waals surface area contributed by atoms with Gasteiger partial charge in [-0.05, 0) is 24.3 Å². The second-order valence-corrected chi connectivity index (χ2v) is 6.17.